The van der Waals surface area contributed by atoms with Gasteiger partial charge in [-0.3, -0.25) is 9.78 Å². The van der Waals surface area contributed by atoms with Gasteiger partial charge in [-0.15, -0.1) is 11.3 Å². The van der Waals surface area contributed by atoms with Gasteiger partial charge in [-0.05, 0) is 12.1 Å². The molecule has 6 nitrogen and oxygen atoms in total. The molecule has 0 fully saturated rings. The molecule has 0 aliphatic carbocycles. The fraction of sp³-hybridized carbons (Fsp3) is 0. The van der Waals surface area contributed by atoms with Crippen LogP contribution in [0.3, 0.4) is 0 Å². The Labute approximate surface area is 116 Å². The minimum Gasteiger partial charge on any atom is -0.449 e. The highest BCUT2D eigenvalue weighted by atomic mass is 35.5. The van der Waals surface area contributed by atoms with Gasteiger partial charge in [-0.1, -0.05) is 11.6 Å². The van der Waals surface area contributed by atoms with Crippen LogP contribution >= 0.6 is 22.9 Å². The number of carbonyl (C=O) groups is 2. The summed E-state index contributed by atoms with van der Waals surface area (Å²) in [6.07, 6.45) is 1.18. The maximum Gasteiger partial charge on any atom is 0.511 e. The van der Waals surface area contributed by atoms with Crippen LogP contribution < -0.4 is 10.1 Å². The Morgan fingerprint density at radius 3 is 2.79 bits per heavy atom. The molecule has 2 heterocycles. The fourth-order valence-corrected chi connectivity index (χ4v) is 2.22. The molecule has 0 aliphatic rings. The first-order valence-electron chi connectivity index (χ1n) is 4.98. The third kappa shape index (κ3) is 3.43. The van der Waals surface area contributed by atoms with Gasteiger partial charge in [0, 0.05) is 12.3 Å². The second kappa shape index (κ2) is 5.68. The highest BCUT2D eigenvalue weighted by Crippen LogP contribution is 2.26. The second-order valence-electron chi connectivity index (χ2n) is 3.30. The molecule has 0 aromatic carbocycles. The molecule has 2 rings (SSSR count). The molecule has 0 spiro atoms. The quantitative estimate of drug-likeness (QED) is 0.850. The van der Waals surface area contributed by atoms with Gasteiger partial charge in [0.25, 0.3) is 5.91 Å². The Balaban J connectivity index is 2.19. The molecule has 2 aromatic rings. The van der Waals surface area contributed by atoms with Crippen LogP contribution in [0.2, 0.25) is 4.34 Å². The topological polar surface area (TPSA) is 88.5 Å². The van der Waals surface area contributed by atoms with Gasteiger partial charge >= 0.3 is 6.16 Å². The Morgan fingerprint density at radius 2 is 2.16 bits per heavy atom. The Kier molecular flexibility index (Phi) is 3.98. The molecule has 0 saturated heterocycles. The Morgan fingerprint density at radius 1 is 1.37 bits per heavy atom. The predicted octanol–water partition coefficient (Wildman–Crippen LogP) is 3.11. The van der Waals surface area contributed by atoms with E-state index in [1.54, 1.807) is 12.1 Å². The van der Waals surface area contributed by atoms with E-state index in [1.807, 2.05) is 0 Å². The SMILES string of the molecule is O=C(O)Oc1ccncc1NC(=O)c1ccc(Cl)s1. The molecular formula is C11H7ClN2O4S. The molecule has 1 amide bonds. The van der Waals surface area contributed by atoms with E-state index in [9.17, 15) is 9.59 Å². The molecule has 2 N–H and O–H groups in total. The summed E-state index contributed by atoms with van der Waals surface area (Å²) in [6.45, 7) is 0. The van der Waals surface area contributed by atoms with E-state index in [0.29, 0.717) is 9.21 Å². The summed E-state index contributed by atoms with van der Waals surface area (Å²) in [6, 6.07) is 4.50. The van der Waals surface area contributed by atoms with E-state index < -0.39 is 12.1 Å². The average Bonchev–Trinajstić information content (AvgIpc) is 2.78. The van der Waals surface area contributed by atoms with Gasteiger partial charge < -0.3 is 15.2 Å². The van der Waals surface area contributed by atoms with Crippen molar-refractivity contribution in [3.8, 4) is 5.75 Å². The van der Waals surface area contributed by atoms with Crippen molar-refractivity contribution >= 4 is 40.7 Å². The third-order valence-electron chi connectivity index (χ3n) is 2.02. The molecule has 8 heteroatoms. The predicted molar refractivity (Wildman–Crippen MR) is 70.2 cm³/mol. The second-order valence-corrected chi connectivity index (χ2v) is 5.01. The van der Waals surface area contributed by atoms with Crippen molar-refractivity contribution in [2.75, 3.05) is 5.32 Å². The molecular weight excluding hydrogens is 292 g/mol. The third-order valence-corrected chi connectivity index (χ3v) is 3.25. The lowest BCUT2D eigenvalue weighted by atomic mass is 10.3. The van der Waals surface area contributed by atoms with Crippen LogP contribution in [0.5, 0.6) is 5.75 Å². The molecule has 0 bridgehead atoms. The zero-order chi connectivity index (χ0) is 13.8. The zero-order valence-corrected chi connectivity index (χ0v) is 10.9. The molecule has 0 radical (unpaired) electrons. The normalized spacial score (nSPS) is 9.95. The minimum atomic E-state index is -1.47. The number of hydrogen-bond acceptors (Lipinski definition) is 5. The van der Waals surface area contributed by atoms with Gasteiger partial charge in [0.15, 0.2) is 5.75 Å². The molecule has 0 aliphatic heterocycles. The van der Waals surface area contributed by atoms with Crippen molar-refractivity contribution in [2.24, 2.45) is 0 Å². The van der Waals surface area contributed by atoms with E-state index in [2.05, 4.69) is 15.0 Å². The highest BCUT2D eigenvalue weighted by Gasteiger charge is 2.13. The maximum absolute atomic E-state index is 11.9. The molecule has 98 valence electrons. The van der Waals surface area contributed by atoms with Crippen LogP contribution in [0.4, 0.5) is 10.5 Å². The number of anilines is 1. The van der Waals surface area contributed by atoms with Gasteiger partial charge in [-0.25, -0.2) is 4.79 Å². The van der Waals surface area contributed by atoms with Crippen LogP contribution in [0.1, 0.15) is 9.67 Å². The fourth-order valence-electron chi connectivity index (χ4n) is 1.28. The van der Waals surface area contributed by atoms with Gasteiger partial charge in [0.1, 0.15) is 5.69 Å². The number of nitrogens with zero attached hydrogens (tertiary/aromatic N) is 1. The highest BCUT2D eigenvalue weighted by molar-refractivity contribution is 7.18. The largest absolute Gasteiger partial charge is 0.511 e. The van der Waals surface area contributed by atoms with Crippen molar-refractivity contribution < 1.29 is 19.4 Å². The number of thiophene rings is 1. The number of carboxylic acid groups (broad SMARTS) is 1. The lowest BCUT2D eigenvalue weighted by Crippen LogP contribution is -2.13. The van der Waals surface area contributed by atoms with Crippen molar-refractivity contribution in [3.63, 3.8) is 0 Å². The summed E-state index contributed by atoms with van der Waals surface area (Å²) in [4.78, 5) is 26.6. The monoisotopic (exact) mass is 298 g/mol. The van der Waals surface area contributed by atoms with Crippen LogP contribution in [0.25, 0.3) is 0 Å². The lowest BCUT2D eigenvalue weighted by molar-refractivity contribution is 0.102. The van der Waals surface area contributed by atoms with Crippen molar-refractivity contribution in [1.82, 2.24) is 4.98 Å². The molecule has 0 unspecified atom stereocenters. The summed E-state index contributed by atoms with van der Waals surface area (Å²) in [7, 11) is 0. The zero-order valence-electron chi connectivity index (χ0n) is 9.29. The number of pyridine rings is 1. The number of ether oxygens (including phenoxy) is 1. The minimum absolute atomic E-state index is 0.00139. The number of rotatable bonds is 3. The van der Waals surface area contributed by atoms with Crippen molar-refractivity contribution in [1.29, 1.82) is 0 Å². The van der Waals surface area contributed by atoms with Crippen molar-refractivity contribution in [3.05, 3.63) is 39.8 Å². The van der Waals surface area contributed by atoms with Crippen LogP contribution in [0, 0.1) is 0 Å². The summed E-state index contributed by atoms with van der Waals surface area (Å²) < 4.78 is 5.01. The van der Waals surface area contributed by atoms with Crippen LogP contribution in [-0.4, -0.2) is 22.2 Å². The molecule has 0 saturated carbocycles. The van der Waals surface area contributed by atoms with E-state index >= 15 is 0 Å². The standard InChI is InChI=1S/C11H7ClN2O4S/c12-9-2-1-8(19-9)10(15)14-6-5-13-4-3-7(6)18-11(16)17/h1-5H,(H,14,15)(H,16,17). The van der Waals surface area contributed by atoms with E-state index in [-0.39, 0.29) is 11.4 Å². The van der Waals surface area contributed by atoms with Gasteiger partial charge in [0.2, 0.25) is 0 Å². The van der Waals surface area contributed by atoms with Crippen LogP contribution in [-0.2, 0) is 0 Å². The van der Waals surface area contributed by atoms with Crippen LogP contribution in [0.15, 0.2) is 30.6 Å². The number of nitrogens with one attached hydrogen (secondary N) is 1. The van der Waals surface area contributed by atoms with Gasteiger partial charge in [0.05, 0.1) is 15.4 Å². The Hall–Kier alpha value is -2.12. The summed E-state index contributed by atoms with van der Waals surface area (Å²) in [5.74, 6) is -0.418. The molecule has 2 aromatic heterocycles. The van der Waals surface area contributed by atoms with E-state index in [4.69, 9.17) is 16.7 Å². The van der Waals surface area contributed by atoms with E-state index in [0.717, 1.165) is 11.3 Å². The molecule has 0 atom stereocenters. The van der Waals surface area contributed by atoms with Gasteiger partial charge in [-0.2, -0.15) is 0 Å². The first-order valence-corrected chi connectivity index (χ1v) is 6.17. The van der Waals surface area contributed by atoms with Crippen molar-refractivity contribution in [2.45, 2.75) is 0 Å². The molecule has 19 heavy (non-hydrogen) atoms. The maximum atomic E-state index is 11.9. The number of amides is 1. The first-order chi connectivity index (χ1) is 9.06. The lowest BCUT2D eigenvalue weighted by Gasteiger charge is -2.07. The first kappa shape index (κ1) is 13.3. The summed E-state index contributed by atoms with van der Waals surface area (Å²) in [5.41, 5.74) is 0.166. The smallest absolute Gasteiger partial charge is 0.449 e. The number of halogens is 1. The Bertz CT molecular complexity index is 629. The number of aromatic nitrogens is 1. The van der Waals surface area contributed by atoms with E-state index in [1.165, 1.54) is 18.5 Å². The summed E-state index contributed by atoms with van der Waals surface area (Å²) in [5, 5.41) is 11.1. The summed E-state index contributed by atoms with van der Waals surface area (Å²) >= 11 is 6.84. The number of carbonyl (C=O) groups excluding carboxylic acids is 1. The average molecular weight is 299 g/mol. The number of hydrogen-bond donors (Lipinski definition) is 2.